The molecule has 1 N–H and O–H groups in total. The summed E-state index contributed by atoms with van der Waals surface area (Å²) in [4.78, 5) is 24.3. The molecule has 0 aliphatic rings. The smallest absolute Gasteiger partial charge is 0.338 e. The summed E-state index contributed by atoms with van der Waals surface area (Å²) in [6, 6.07) is 14.9. The first-order chi connectivity index (χ1) is 12.4. The van der Waals surface area contributed by atoms with E-state index >= 15 is 0 Å². The lowest BCUT2D eigenvalue weighted by atomic mass is 10.2. The third kappa shape index (κ3) is 5.35. The number of hydrogen-bond donors (Lipinski definition) is 1. The Hall–Kier alpha value is -3.33. The first-order valence-corrected chi connectivity index (χ1v) is 8.17. The fraction of sp³-hybridized carbons (Fsp3) is 0.250. The van der Waals surface area contributed by atoms with Crippen LogP contribution < -0.4 is 10.1 Å². The molecular formula is C20H20N2O4. The van der Waals surface area contributed by atoms with E-state index in [9.17, 15) is 9.59 Å². The number of rotatable bonds is 6. The summed E-state index contributed by atoms with van der Waals surface area (Å²) in [7, 11) is 0. The van der Waals surface area contributed by atoms with Crippen molar-refractivity contribution in [3.8, 4) is 11.8 Å². The van der Waals surface area contributed by atoms with Gasteiger partial charge in [0.2, 0.25) is 0 Å². The summed E-state index contributed by atoms with van der Waals surface area (Å²) in [6.45, 7) is 5.32. The molecule has 0 bridgehead atoms. The maximum Gasteiger partial charge on any atom is 0.338 e. The SMILES string of the molecule is CC(C)Oc1ccc(C(=O)O[C@@H](C)C(=O)Nc2ccc(C#N)cc2)cc1. The number of carbonyl (C=O) groups excluding carboxylic acids is 2. The van der Waals surface area contributed by atoms with Crippen LogP contribution in [0, 0.1) is 11.3 Å². The molecule has 0 radical (unpaired) electrons. The van der Waals surface area contributed by atoms with Gasteiger partial charge < -0.3 is 14.8 Å². The Morgan fingerprint density at radius 1 is 1.00 bits per heavy atom. The number of nitrogens with zero attached hydrogens (tertiary/aromatic N) is 1. The van der Waals surface area contributed by atoms with E-state index in [-0.39, 0.29) is 6.10 Å². The van der Waals surface area contributed by atoms with E-state index in [0.29, 0.717) is 22.6 Å². The predicted octanol–water partition coefficient (Wildman–Crippen LogP) is 3.53. The van der Waals surface area contributed by atoms with Crippen LogP contribution in [0.25, 0.3) is 0 Å². The molecule has 0 fully saturated rings. The number of amides is 1. The van der Waals surface area contributed by atoms with E-state index in [4.69, 9.17) is 14.7 Å². The van der Waals surface area contributed by atoms with E-state index in [0.717, 1.165) is 0 Å². The maximum absolute atomic E-state index is 12.1. The van der Waals surface area contributed by atoms with Crippen molar-refractivity contribution in [3.05, 3.63) is 59.7 Å². The van der Waals surface area contributed by atoms with Crippen molar-refractivity contribution in [2.24, 2.45) is 0 Å². The Bertz CT molecular complexity index is 805. The number of hydrogen-bond acceptors (Lipinski definition) is 5. The Morgan fingerprint density at radius 2 is 1.62 bits per heavy atom. The first kappa shape index (κ1) is 19.0. The third-order valence-corrected chi connectivity index (χ3v) is 3.40. The number of carbonyl (C=O) groups is 2. The molecule has 0 saturated heterocycles. The summed E-state index contributed by atoms with van der Waals surface area (Å²) in [5, 5.41) is 11.4. The van der Waals surface area contributed by atoms with Crippen molar-refractivity contribution in [2.45, 2.75) is 33.0 Å². The van der Waals surface area contributed by atoms with Gasteiger partial charge in [-0.1, -0.05) is 0 Å². The molecule has 134 valence electrons. The molecule has 0 heterocycles. The van der Waals surface area contributed by atoms with E-state index in [1.54, 1.807) is 48.5 Å². The number of nitriles is 1. The number of ether oxygens (including phenoxy) is 2. The Labute approximate surface area is 152 Å². The number of benzene rings is 2. The van der Waals surface area contributed by atoms with Crippen LogP contribution in [0.15, 0.2) is 48.5 Å². The van der Waals surface area contributed by atoms with Gasteiger partial charge in [0.25, 0.3) is 5.91 Å². The monoisotopic (exact) mass is 352 g/mol. The number of nitrogens with one attached hydrogen (secondary N) is 1. The summed E-state index contributed by atoms with van der Waals surface area (Å²) < 4.78 is 10.7. The van der Waals surface area contributed by atoms with Gasteiger partial charge >= 0.3 is 5.97 Å². The molecule has 0 saturated carbocycles. The van der Waals surface area contributed by atoms with Crippen molar-refractivity contribution in [3.63, 3.8) is 0 Å². The minimum atomic E-state index is -0.968. The summed E-state index contributed by atoms with van der Waals surface area (Å²) in [5.74, 6) is -0.394. The molecule has 2 rings (SSSR count). The molecule has 0 aliphatic heterocycles. The lowest BCUT2D eigenvalue weighted by Gasteiger charge is -2.14. The van der Waals surface area contributed by atoms with Gasteiger partial charge in [-0.3, -0.25) is 4.79 Å². The Kier molecular flexibility index (Phi) is 6.34. The van der Waals surface area contributed by atoms with Crippen molar-refractivity contribution < 1.29 is 19.1 Å². The van der Waals surface area contributed by atoms with Crippen LogP contribution >= 0.6 is 0 Å². The summed E-state index contributed by atoms with van der Waals surface area (Å²) >= 11 is 0. The minimum absolute atomic E-state index is 0.0405. The zero-order chi connectivity index (χ0) is 19.1. The zero-order valence-corrected chi connectivity index (χ0v) is 14.9. The molecule has 1 atom stereocenters. The molecule has 0 unspecified atom stereocenters. The van der Waals surface area contributed by atoms with Gasteiger partial charge in [0.1, 0.15) is 5.75 Å². The highest BCUT2D eigenvalue weighted by atomic mass is 16.5. The van der Waals surface area contributed by atoms with Crippen LogP contribution in [0.5, 0.6) is 5.75 Å². The van der Waals surface area contributed by atoms with Crippen molar-refractivity contribution in [2.75, 3.05) is 5.32 Å². The van der Waals surface area contributed by atoms with Crippen LogP contribution in [-0.2, 0) is 9.53 Å². The van der Waals surface area contributed by atoms with E-state index < -0.39 is 18.0 Å². The van der Waals surface area contributed by atoms with Gasteiger partial charge in [0.05, 0.1) is 23.3 Å². The van der Waals surface area contributed by atoms with Gasteiger partial charge in [-0.25, -0.2) is 4.79 Å². The van der Waals surface area contributed by atoms with Crippen LogP contribution in [0.4, 0.5) is 5.69 Å². The second-order valence-electron chi connectivity index (χ2n) is 5.92. The topological polar surface area (TPSA) is 88.4 Å². The molecule has 6 heteroatoms. The van der Waals surface area contributed by atoms with Gasteiger partial charge in [0.15, 0.2) is 6.10 Å². The predicted molar refractivity (Wildman–Crippen MR) is 96.9 cm³/mol. The number of anilines is 1. The Balaban J connectivity index is 1.92. The second-order valence-corrected chi connectivity index (χ2v) is 5.92. The van der Waals surface area contributed by atoms with E-state index in [1.165, 1.54) is 6.92 Å². The highest BCUT2D eigenvalue weighted by Crippen LogP contribution is 2.15. The average Bonchev–Trinajstić information content (AvgIpc) is 2.62. The standard InChI is InChI=1S/C20H20N2O4/c1-13(2)25-18-10-6-16(7-11-18)20(24)26-14(3)19(23)22-17-8-4-15(12-21)5-9-17/h4-11,13-14H,1-3H3,(H,22,23)/t14-/m0/s1. The highest BCUT2D eigenvalue weighted by Gasteiger charge is 2.19. The van der Waals surface area contributed by atoms with Crippen LogP contribution in [0.1, 0.15) is 36.7 Å². The average molecular weight is 352 g/mol. The first-order valence-electron chi connectivity index (χ1n) is 8.17. The summed E-state index contributed by atoms with van der Waals surface area (Å²) in [5.41, 5.74) is 1.35. The van der Waals surface area contributed by atoms with Crippen LogP contribution in [-0.4, -0.2) is 24.1 Å². The molecular weight excluding hydrogens is 332 g/mol. The fourth-order valence-electron chi connectivity index (χ4n) is 2.10. The van der Waals surface area contributed by atoms with Crippen molar-refractivity contribution >= 4 is 17.6 Å². The number of esters is 1. The van der Waals surface area contributed by atoms with Gasteiger partial charge in [-0.2, -0.15) is 5.26 Å². The minimum Gasteiger partial charge on any atom is -0.491 e. The maximum atomic E-state index is 12.1. The largest absolute Gasteiger partial charge is 0.491 e. The highest BCUT2D eigenvalue weighted by molar-refractivity contribution is 5.97. The quantitative estimate of drug-likeness (QED) is 0.804. The molecule has 2 aromatic rings. The van der Waals surface area contributed by atoms with Gasteiger partial charge in [-0.05, 0) is 69.3 Å². The zero-order valence-electron chi connectivity index (χ0n) is 14.9. The van der Waals surface area contributed by atoms with E-state index in [2.05, 4.69) is 5.32 Å². The molecule has 26 heavy (non-hydrogen) atoms. The third-order valence-electron chi connectivity index (χ3n) is 3.40. The molecule has 2 aromatic carbocycles. The van der Waals surface area contributed by atoms with Gasteiger partial charge in [0, 0.05) is 5.69 Å². The van der Waals surface area contributed by atoms with Crippen LogP contribution in [0.3, 0.4) is 0 Å². The van der Waals surface area contributed by atoms with Crippen molar-refractivity contribution in [1.29, 1.82) is 5.26 Å². The summed E-state index contributed by atoms with van der Waals surface area (Å²) in [6.07, 6.45) is -0.927. The van der Waals surface area contributed by atoms with Crippen molar-refractivity contribution in [1.82, 2.24) is 0 Å². The van der Waals surface area contributed by atoms with Gasteiger partial charge in [-0.15, -0.1) is 0 Å². The molecule has 0 aromatic heterocycles. The fourth-order valence-corrected chi connectivity index (χ4v) is 2.10. The Morgan fingerprint density at radius 3 is 2.15 bits per heavy atom. The normalized spacial score (nSPS) is 11.3. The lowest BCUT2D eigenvalue weighted by Crippen LogP contribution is -2.30. The lowest BCUT2D eigenvalue weighted by molar-refractivity contribution is -0.123. The molecule has 6 nitrogen and oxygen atoms in total. The molecule has 1 amide bonds. The second kappa shape index (κ2) is 8.67. The van der Waals surface area contributed by atoms with E-state index in [1.807, 2.05) is 19.9 Å². The molecule has 0 spiro atoms. The van der Waals surface area contributed by atoms with Crippen LogP contribution in [0.2, 0.25) is 0 Å². The molecule has 0 aliphatic carbocycles.